The van der Waals surface area contributed by atoms with Crippen molar-refractivity contribution in [2.75, 3.05) is 14.1 Å². The van der Waals surface area contributed by atoms with Crippen LogP contribution in [0, 0.1) is 11.8 Å². The number of likely N-dealkylation sites (N-methyl/N-ethyl adjacent to an activating group) is 1. The third-order valence-corrected chi connectivity index (χ3v) is 7.19. The maximum absolute atomic E-state index is 13.7. The smallest absolute Gasteiger partial charge is 0.206 e. The molecular formula is C22H26N2O8. The van der Waals surface area contributed by atoms with Crippen LogP contribution in [0.2, 0.25) is 0 Å². The average molecular weight is 446 g/mol. The highest BCUT2D eigenvalue weighted by Crippen LogP contribution is 2.55. The van der Waals surface area contributed by atoms with Crippen molar-refractivity contribution in [2.24, 2.45) is 17.6 Å². The summed E-state index contributed by atoms with van der Waals surface area (Å²) in [4.78, 5) is 28.3. The molecular weight excluding hydrogens is 420 g/mol. The minimum atomic E-state index is -2.91. The van der Waals surface area contributed by atoms with E-state index in [0.29, 0.717) is 5.56 Å². The van der Waals surface area contributed by atoms with Gasteiger partial charge in [0.2, 0.25) is 11.6 Å². The number of aliphatic hydroxyl groups excluding tert-OH is 4. The summed E-state index contributed by atoms with van der Waals surface area (Å²) in [6.45, 7) is 1.69. The van der Waals surface area contributed by atoms with Gasteiger partial charge in [0.25, 0.3) is 0 Å². The van der Waals surface area contributed by atoms with Gasteiger partial charge in [0, 0.05) is 23.5 Å². The van der Waals surface area contributed by atoms with E-state index in [-0.39, 0.29) is 11.3 Å². The number of phenolic OH excluding ortho intramolecular Hbond substituents is 1. The summed E-state index contributed by atoms with van der Waals surface area (Å²) in [7, 11) is 3.04. The van der Waals surface area contributed by atoms with Crippen molar-refractivity contribution in [1.82, 2.24) is 4.90 Å². The van der Waals surface area contributed by atoms with E-state index in [1.165, 1.54) is 25.1 Å². The van der Waals surface area contributed by atoms with Crippen LogP contribution in [0.3, 0.4) is 0 Å². The van der Waals surface area contributed by atoms with Gasteiger partial charge in [0.05, 0.1) is 17.2 Å². The second-order valence-electron chi connectivity index (χ2n) is 8.96. The Kier molecular flexibility index (Phi) is 4.90. The summed E-state index contributed by atoms with van der Waals surface area (Å²) in [6.07, 6.45) is -3.24. The molecule has 32 heavy (non-hydrogen) atoms. The predicted molar refractivity (Wildman–Crippen MR) is 111 cm³/mol. The minimum absolute atomic E-state index is 0.0151. The molecule has 0 heterocycles. The molecule has 0 aliphatic heterocycles. The number of carbonyl (C=O) groups excluding carboxylic acids is 2. The van der Waals surface area contributed by atoms with Crippen molar-refractivity contribution in [3.63, 3.8) is 0 Å². The fourth-order valence-electron chi connectivity index (χ4n) is 5.77. The van der Waals surface area contributed by atoms with Crippen LogP contribution in [0.4, 0.5) is 0 Å². The van der Waals surface area contributed by atoms with Crippen LogP contribution in [-0.4, -0.2) is 85.1 Å². The zero-order chi connectivity index (χ0) is 23.9. The molecule has 3 aliphatic carbocycles. The molecule has 0 saturated heterocycles. The van der Waals surface area contributed by atoms with Crippen molar-refractivity contribution in [1.29, 1.82) is 0 Å². The topological polar surface area (TPSA) is 185 Å². The molecule has 1 aromatic carbocycles. The average Bonchev–Trinajstić information content (AvgIpc) is 2.70. The molecule has 3 aliphatic rings. The monoisotopic (exact) mass is 446 g/mol. The van der Waals surface area contributed by atoms with Gasteiger partial charge in [0.15, 0.2) is 11.5 Å². The molecule has 0 aromatic heterocycles. The molecule has 0 radical (unpaired) electrons. The summed E-state index contributed by atoms with van der Waals surface area (Å²) in [6, 6.07) is 3.36. The van der Waals surface area contributed by atoms with Gasteiger partial charge in [-0.05, 0) is 31.6 Å². The molecule has 0 bridgehead atoms. The highest BCUT2D eigenvalue weighted by Gasteiger charge is 2.69. The van der Waals surface area contributed by atoms with Crippen LogP contribution in [0.1, 0.15) is 24.0 Å². The zero-order valence-electron chi connectivity index (χ0n) is 17.7. The van der Waals surface area contributed by atoms with Gasteiger partial charge in [-0.2, -0.15) is 0 Å². The molecule has 0 amide bonds. The maximum atomic E-state index is 13.7. The van der Waals surface area contributed by atoms with Crippen LogP contribution in [0.25, 0.3) is 5.76 Å². The first-order valence-electron chi connectivity index (χ1n) is 10.2. The summed E-state index contributed by atoms with van der Waals surface area (Å²) in [5, 5.41) is 64.9. The Balaban J connectivity index is 2.03. The number of Topliss-reactive ketones (excluding diaryl/α,β-unsaturated/α-hetero) is 2. The van der Waals surface area contributed by atoms with Crippen molar-refractivity contribution < 1.29 is 40.2 Å². The molecule has 1 unspecified atom stereocenters. The molecule has 8 N–H and O–H groups in total. The number of carbonyl (C=O) groups is 2. The Labute approximate surface area is 183 Å². The highest BCUT2D eigenvalue weighted by atomic mass is 16.3. The van der Waals surface area contributed by atoms with Crippen molar-refractivity contribution in [3.05, 3.63) is 46.4 Å². The Hall–Kier alpha value is -2.92. The number of aliphatic hydroxyl groups is 5. The summed E-state index contributed by atoms with van der Waals surface area (Å²) < 4.78 is 0. The number of nitrogens with two attached hydrogens (primary N) is 1. The Morgan fingerprint density at radius 2 is 1.75 bits per heavy atom. The van der Waals surface area contributed by atoms with E-state index < -0.39 is 76.0 Å². The number of fused-ring (bicyclic) bond motifs is 3. The maximum Gasteiger partial charge on any atom is 0.206 e. The van der Waals surface area contributed by atoms with Crippen molar-refractivity contribution >= 4 is 17.3 Å². The molecule has 2 fully saturated rings. The number of phenols is 1. The Bertz CT molecular complexity index is 1090. The molecule has 7 atom stereocenters. The van der Waals surface area contributed by atoms with Gasteiger partial charge in [-0.15, -0.1) is 0 Å². The number of aromatic hydroxyl groups is 1. The molecule has 0 spiro atoms. The summed E-state index contributed by atoms with van der Waals surface area (Å²) >= 11 is 0. The van der Waals surface area contributed by atoms with Gasteiger partial charge in [-0.25, -0.2) is 0 Å². The largest absolute Gasteiger partial charge is 0.507 e. The number of nitrogens with zero attached hydrogens (tertiary/aromatic N) is 1. The van der Waals surface area contributed by atoms with Crippen LogP contribution in [-0.2, 0) is 9.59 Å². The normalized spacial score (nSPS) is 38.3. The molecule has 4 rings (SSSR count). The lowest BCUT2D eigenvalue weighted by Crippen LogP contribution is -2.74. The summed E-state index contributed by atoms with van der Waals surface area (Å²) in [5.74, 6) is -7.60. The Morgan fingerprint density at radius 3 is 2.31 bits per heavy atom. The fraction of sp³-hybridized carbons (Fsp3) is 0.455. The van der Waals surface area contributed by atoms with Crippen LogP contribution >= 0.6 is 0 Å². The standard InChI is InChI=1S/C22H26N2O8/c1-7-8-5-4-6-9(25)11(8)16(26)12-10(7)17(27)14-15(24(2)3)18(28)13(21(23)31)20(30)22(14,32)19(12)29/h4-7,10,14-15,17-18,25-28,31-32H,23H2,1-3H3/b21-13-/t7-,10+,14+,15-,17-,18?,22-/m0/s1. The van der Waals surface area contributed by atoms with Crippen LogP contribution in [0.5, 0.6) is 5.75 Å². The van der Waals surface area contributed by atoms with Gasteiger partial charge < -0.3 is 41.3 Å². The van der Waals surface area contributed by atoms with Gasteiger partial charge in [-0.1, -0.05) is 19.1 Å². The van der Waals surface area contributed by atoms with Crippen LogP contribution < -0.4 is 5.73 Å². The lowest BCUT2D eigenvalue weighted by atomic mass is 9.52. The molecule has 10 nitrogen and oxygen atoms in total. The van der Waals surface area contributed by atoms with E-state index >= 15 is 0 Å². The first-order valence-corrected chi connectivity index (χ1v) is 10.2. The second kappa shape index (κ2) is 7.04. The third-order valence-electron chi connectivity index (χ3n) is 7.19. The van der Waals surface area contributed by atoms with E-state index in [1.54, 1.807) is 19.1 Å². The first-order chi connectivity index (χ1) is 14.9. The van der Waals surface area contributed by atoms with Crippen molar-refractivity contribution in [3.8, 4) is 5.75 Å². The van der Waals surface area contributed by atoms with Crippen LogP contribution in [0.15, 0.2) is 35.2 Å². The lowest BCUT2D eigenvalue weighted by molar-refractivity contribution is -0.184. The first kappa shape index (κ1) is 22.3. The number of hydrogen-bond donors (Lipinski definition) is 7. The van der Waals surface area contributed by atoms with Gasteiger partial charge >= 0.3 is 0 Å². The molecule has 1 aromatic rings. The Morgan fingerprint density at radius 1 is 1.12 bits per heavy atom. The highest BCUT2D eigenvalue weighted by molar-refractivity contribution is 6.26. The predicted octanol–water partition coefficient (Wildman–Crippen LogP) is -0.712. The van der Waals surface area contributed by atoms with E-state index in [1.807, 2.05) is 0 Å². The van der Waals surface area contributed by atoms with E-state index in [2.05, 4.69) is 0 Å². The van der Waals surface area contributed by atoms with E-state index in [9.17, 15) is 40.2 Å². The number of ketones is 2. The number of hydrogen-bond acceptors (Lipinski definition) is 10. The van der Waals surface area contributed by atoms with Gasteiger partial charge in [-0.3, -0.25) is 9.59 Å². The zero-order valence-corrected chi connectivity index (χ0v) is 17.7. The second-order valence-corrected chi connectivity index (χ2v) is 8.96. The molecule has 10 heteroatoms. The summed E-state index contributed by atoms with van der Waals surface area (Å²) in [5.41, 5.74) is 1.82. The number of rotatable bonds is 1. The molecule has 172 valence electrons. The fourth-order valence-corrected chi connectivity index (χ4v) is 5.77. The van der Waals surface area contributed by atoms with Crippen molar-refractivity contribution in [2.45, 2.75) is 36.7 Å². The SMILES string of the molecule is C[C@H]1c2cccc(O)c2C(O)=C2C(=O)[C@]3(O)C(=O)/C(=C(/N)O)C(O)[C@@H](N(C)C)[C@@H]3[C@@H](O)[C@@H]21. The quantitative estimate of drug-likeness (QED) is 0.165. The third kappa shape index (κ3) is 2.54. The molecule has 2 saturated carbocycles. The van der Waals surface area contributed by atoms with Gasteiger partial charge in [0.1, 0.15) is 17.6 Å². The number of benzene rings is 1. The minimum Gasteiger partial charge on any atom is -0.507 e. The lowest BCUT2D eigenvalue weighted by Gasteiger charge is -2.55. The van der Waals surface area contributed by atoms with E-state index in [0.717, 1.165) is 0 Å². The van der Waals surface area contributed by atoms with E-state index in [4.69, 9.17) is 5.73 Å².